The van der Waals surface area contributed by atoms with Crippen LogP contribution in [0.3, 0.4) is 0 Å². The summed E-state index contributed by atoms with van der Waals surface area (Å²) in [6, 6.07) is 6.04. The van der Waals surface area contributed by atoms with Crippen LogP contribution < -0.4 is 5.32 Å². The first-order valence-corrected chi connectivity index (χ1v) is 5.00. The normalized spacial score (nSPS) is 12.9. The van der Waals surface area contributed by atoms with Crippen molar-refractivity contribution in [1.82, 2.24) is 5.32 Å². The molecule has 3 heteroatoms. The Hall–Kier alpha value is -0.240. The zero-order valence-corrected chi connectivity index (χ0v) is 9.28. The third kappa shape index (κ3) is 3.18. The van der Waals surface area contributed by atoms with Gasteiger partial charge in [0.25, 0.3) is 0 Å². The monoisotopic (exact) mass is 217 g/mol. The van der Waals surface area contributed by atoms with Gasteiger partial charge in [-0.3, -0.25) is 0 Å². The van der Waals surface area contributed by atoms with E-state index in [4.69, 9.17) is 23.2 Å². The van der Waals surface area contributed by atoms with Gasteiger partial charge in [0.1, 0.15) is 0 Å². The number of rotatable bonds is 3. The molecule has 1 nitrogen and oxygen atoms in total. The molecule has 1 N–H and O–H groups in total. The van der Waals surface area contributed by atoms with E-state index in [1.165, 1.54) is 0 Å². The second kappa shape index (κ2) is 4.85. The highest BCUT2D eigenvalue weighted by Crippen LogP contribution is 2.21. The van der Waals surface area contributed by atoms with Crippen LogP contribution in [0.2, 0.25) is 10.0 Å². The molecule has 1 rings (SSSR count). The van der Waals surface area contributed by atoms with Crippen molar-refractivity contribution in [3.05, 3.63) is 33.8 Å². The van der Waals surface area contributed by atoms with Crippen LogP contribution in [0.25, 0.3) is 0 Å². The maximum Gasteiger partial charge on any atom is 0.0453 e. The zero-order chi connectivity index (χ0) is 9.84. The third-order valence-electron chi connectivity index (χ3n) is 2.03. The van der Waals surface area contributed by atoms with Gasteiger partial charge in [0.05, 0.1) is 0 Å². The Morgan fingerprint density at radius 1 is 1.38 bits per heavy atom. The first-order valence-electron chi connectivity index (χ1n) is 4.24. The van der Waals surface area contributed by atoms with Gasteiger partial charge in [-0.25, -0.2) is 0 Å². The van der Waals surface area contributed by atoms with Crippen molar-refractivity contribution >= 4 is 23.2 Å². The molecule has 0 saturated carbocycles. The lowest BCUT2D eigenvalue weighted by molar-refractivity contribution is 0.608. The highest BCUT2D eigenvalue weighted by atomic mass is 35.5. The van der Waals surface area contributed by atoms with Crippen LogP contribution in [-0.4, -0.2) is 13.1 Å². The van der Waals surface area contributed by atoms with Crippen molar-refractivity contribution in [1.29, 1.82) is 0 Å². The Balaban J connectivity index is 2.77. The molecule has 0 bridgehead atoms. The summed E-state index contributed by atoms with van der Waals surface area (Å²) >= 11 is 11.8. The summed E-state index contributed by atoms with van der Waals surface area (Å²) in [5.41, 5.74) is 1.13. The first kappa shape index (κ1) is 10.8. The van der Waals surface area contributed by atoms with Crippen LogP contribution in [0.5, 0.6) is 0 Å². The molecule has 0 fully saturated rings. The minimum Gasteiger partial charge on any atom is -0.317 e. The van der Waals surface area contributed by atoms with Gasteiger partial charge < -0.3 is 5.32 Å². The lowest BCUT2D eigenvalue weighted by Gasteiger charge is -2.11. The van der Waals surface area contributed by atoms with Crippen molar-refractivity contribution in [2.75, 3.05) is 7.05 Å². The van der Waals surface area contributed by atoms with Gasteiger partial charge >= 0.3 is 0 Å². The number of nitrogens with one attached hydrogen (secondary N) is 1. The number of benzene rings is 1. The van der Waals surface area contributed by atoms with Gasteiger partial charge in [-0.1, -0.05) is 29.3 Å². The Labute approximate surface area is 89.0 Å². The summed E-state index contributed by atoms with van der Waals surface area (Å²) in [4.78, 5) is 0. The molecule has 0 saturated heterocycles. The summed E-state index contributed by atoms with van der Waals surface area (Å²) < 4.78 is 0. The Morgan fingerprint density at radius 2 is 2.08 bits per heavy atom. The number of halogens is 2. The average molecular weight is 218 g/mol. The van der Waals surface area contributed by atoms with Crippen LogP contribution in [0, 0.1) is 0 Å². The van der Waals surface area contributed by atoms with Crippen molar-refractivity contribution in [3.63, 3.8) is 0 Å². The molecule has 13 heavy (non-hydrogen) atoms. The molecule has 1 atom stereocenters. The Bertz CT molecular complexity index is 286. The van der Waals surface area contributed by atoms with E-state index in [1.807, 2.05) is 19.2 Å². The van der Waals surface area contributed by atoms with Crippen LogP contribution in [0.4, 0.5) is 0 Å². The first-order chi connectivity index (χ1) is 6.13. The molecule has 1 aromatic carbocycles. The molecule has 0 aromatic heterocycles. The van der Waals surface area contributed by atoms with Gasteiger partial charge in [0, 0.05) is 16.1 Å². The van der Waals surface area contributed by atoms with E-state index in [0.29, 0.717) is 11.1 Å². The van der Waals surface area contributed by atoms with Gasteiger partial charge in [0.15, 0.2) is 0 Å². The topological polar surface area (TPSA) is 12.0 Å². The summed E-state index contributed by atoms with van der Waals surface area (Å²) in [5.74, 6) is 0. The van der Waals surface area contributed by atoms with Gasteiger partial charge in [0.2, 0.25) is 0 Å². The second-order valence-electron chi connectivity index (χ2n) is 3.13. The van der Waals surface area contributed by atoms with Crippen LogP contribution in [0.1, 0.15) is 12.5 Å². The third-order valence-corrected chi connectivity index (χ3v) is 2.62. The molecule has 72 valence electrons. The van der Waals surface area contributed by atoms with Crippen molar-refractivity contribution in [2.24, 2.45) is 0 Å². The molecule has 1 aromatic rings. The molecule has 0 spiro atoms. The van der Waals surface area contributed by atoms with E-state index in [0.717, 1.165) is 17.0 Å². The smallest absolute Gasteiger partial charge is 0.0453 e. The fourth-order valence-corrected chi connectivity index (χ4v) is 1.60. The number of hydrogen-bond donors (Lipinski definition) is 1. The zero-order valence-electron chi connectivity index (χ0n) is 7.77. The minimum atomic E-state index is 0.429. The highest BCUT2D eigenvalue weighted by Gasteiger charge is 2.04. The van der Waals surface area contributed by atoms with E-state index in [2.05, 4.69) is 12.2 Å². The van der Waals surface area contributed by atoms with E-state index in [9.17, 15) is 0 Å². The summed E-state index contributed by atoms with van der Waals surface area (Å²) in [7, 11) is 1.94. The maximum atomic E-state index is 6.02. The summed E-state index contributed by atoms with van der Waals surface area (Å²) in [6.07, 6.45) is 0.923. The lowest BCUT2D eigenvalue weighted by Crippen LogP contribution is -2.23. The van der Waals surface area contributed by atoms with Gasteiger partial charge in [-0.2, -0.15) is 0 Å². The fraction of sp³-hybridized carbons (Fsp3) is 0.400. The van der Waals surface area contributed by atoms with Crippen molar-refractivity contribution in [2.45, 2.75) is 19.4 Å². The molecular weight excluding hydrogens is 205 g/mol. The van der Waals surface area contributed by atoms with E-state index in [-0.39, 0.29) is 0 Å². The Morgan fingerprint density at radius 3 is 2.62 bits per heavy atom. The van der Waals surface area contributed by atoms with Crippen LogP contribution >= 0.6 is 23.2 Å². The summed E-state index contributed by atoms with van der Waals surface area (Å²) in [5, 5.41) is 4.59. The van der Waals surface area contributed by atoms with Crippen LogP contribution in [-0.2, 0) is 6.42 Å². The number of likely N-dealkylation sites (N-methyl/N-ethyl adjacent to an activating group) is 1. The van der Waals surface area contributed by atoms with E-state index >= 15 is 0 Å². The van der Waals surface area contributed by atoms with Crippen LogP contribution in [0.15, 0.2) is 18.2 Å². The minimum absolute atomic E-state index is 0.429. The second-order valence-corrected chi connectivity index (χ2v) is 3.97. The van der Waals surface area contributed by atoms with Gasteiger partial charge in [-0.15, -0.1) is 0 Å². The molecular formula is C10H13Cl2N. The average Bonchev–Trinajstić information content (AvgIpc) is 2.09. The predicted octanol–water partition coefficient (Wildman–Crippen LogP) is 3.14. The molecule has 0 heterocycles. The molecule has 0 amide bonds. The Kier molecular flexibility index (Phi) is 4.04. The quantitative estimate of drug-likeness (QED) is 0.821. The molecule has 0 aliphatic heterocycles. The molecule has 0 radical (unpaired) electrons. The van der Waals surface area contributed by atoms with Gasteiger partial charge in [-0.05, 0) is 38.1 Å². The SMILES string of the molecule is CNC(C)Cc1ccc(Cl)cc1Cl. The molecule has 1 unspecified atom stereocenters. The molecule has 0 aliphatic rings. The highest BCUT2D eigenvalue weighted by molar-refractivity contribution is 6.35. The predicted molar refractivity (Wildman–Crippen MR) is 58.7 cm³/mol. The summed E-state index contributed by atoms with van der Waals surface area (Å²) in [6.45, 7) is 2.12. The maximum absolute atomic E-state index is 6.02. The largest absolute Gasteiger partial charge is 0.317 e. The van der Waals surface area contributed by atoms with Crippen molar-refractivity contribution < 1.29 is 0 Å². The van der Waals surface area contributed by atoms with E-state index in [1.54, 1.807) is 6.07 Å². The standard InChI is InChI=1S/C10H13Cl2N/c1-7(13-2)5-8-3-4-9(11)6-10(8)12/h3-4,6-7,13H,5H2,1-2H3. The fourth-order valence-electron chi connectivity index (χ4n) is 1.12. The lowest BCUT2D eigenvalue weighted by atomic mass is 10.1. The van der Waals surface area contributed by atoms with Crippen molar-refractivity contribution in [3.8, 4) is 0 Å². The number of hydrogen-bond acceptors (Lipinski definition) is 1. The van der Waals surface area contributed by atoms with E-state index < -0.39 is 0 Å². The molecule has 0 aliphatic carbocycles.